The Bertz CT molecular complexity index is 1280. The van der Waals surface area contributed by atoms with Crippen molar-refractivity contribution in [2.24, 2.45) is 0 Å². The van der Waals surface area contributed by atoms with E-state index < -0.39 is 0 Å². The molecule has 5 rings (SSSR count). The minimum Gasteiger partial charge on any atom is -0.379 e. The van der Waals surface area contributed by atoms with E-state index in [0.29, 0.717) is 18.8 Å². The molecule has 8 heteroatoms. The number of aryl methyl sites for hydroxylation is 2. The SMILES string of the molecule is CO[C@@H]1CC[C@H](Cn2c(=O)[nH]c3ncc(-c4cnc5[nH]cc(C)c5c4C)cc32)OC1. The summed E-state index contributed by atoms with van der Waals surface area (Å²) in [6.07, 6.45) is 7.54. The lowest BCUT2D eigenvalue weighted by molar-refractivity contribution is -0.0757. The molecular weight excluding hydrogens is 382 g/mol. The van der Waals surface area contributed by atoms with Gasteiger partial charge in [0.2, 0.25) is 0 Å². The number of rotatable bonds is 4. The summed E-state index contributed by atoms with van der Waals surface area (Å²) in [5, 5.41) is 1.13. The molecule has 2 N–H and O–H groups in total. The highest BCUT2D eigenvalue weighted by Crippen LogP contribution is 2.30. The highest BCUT2D eigenvalue weighted by molar-refractivity contribution is 5.90. The van der Waals surface area contributed by atoms with Crippen molar-refractivity contribution < 1.29 is 9.47 Å². The highest BCUT2D eigenvalue weighted by atomic mass is 16.5. The van der Waals surface area contributed by atoms with Crippen LogP contribution >= 0.6 is 0 Å². The predicted octanol–water partition coefficient (Wildman–Crippen LogP) is 3.08. The highest BCUT2D eigenvalue weighted by Gasteiger charge is 2.23. The molecule has 0 amide bonds. The van der Waals surface area contributed by atoms with Crippen LogP contribution in [0.1, 0.15) is 24.0 Å². The van der Waals surface area contributed by atoms with Gasteiger partial charge in [-0.3, -0.25) is 9.55 Å². The van der Waals surface area contributed by atoms with E-state index in [1.165, 1.54) is 0 Å². The normalized spacial score (nSPS) is 19.7. The van der Waals surface area contributed by atoms with Crippen LogP contribution in [0.3, 0.4) is 0 Å². The summed E-state index contributed by atoms with van der Waals surface area (Å²) < 4.78 is 13.0. The van der Waals surface area contributed by atoms with E-state index in [1.807, 2.05) is 18.5 Å². The summed E-state index contributed by atoms with van der Waals surface area (Å²) in [6, 6.07) is 2.01. The second-order valence-corrected chi connectivity index (χ2v) is 8.02. The van der Waals surface area contributed by atoms with Crippen LogP contribution in [0.2, 0.25) is 0 Å². The molecule has 1 aliphatic rings. The molecule has 8 nitrogen and oxygen atoms in total. The Balaban J connectivity index is 1.53. The van der Waals surface area contributed by atoms with Gasteiger partial charge in [-0.25, -0.2) is 14.8 Å². The maximum atomic E-state index is 12.6. The van der Waals surface area contributed by atoms with Crippen LogP contribution in [0.15, 0.2) is 29.5 Å². The average molecular weight is 407 g/mol. The minimum atomic E-state index is -0.168. The number of fused-ring (bicyclic) bond motifs is 2. The third-order valence-electron chi connectivity index (χ3n) is 6.15. The number of nitrogens with zero attached hydrogens (tertiary/aromatic N) is 3. The van der Waals surface area contributed by atoms with E-state index in [1.54, 1.807) is 17.9 Å². The maximum Gasteiger partial charge on any atom is 0.327 e. The van der Waals surface area contributed by atoms with Crippen LogP contribution in [0.4, 0.5) is 0 Å². The van der Waals surface area contributed by atoms with Gasteiger partial charge in [0, 0.05) is 42.2 Å². The zero-order valence-electron chi connectivity index (χ0n) is 17.4. The second kappa shape index (κ2) is 7.37. The first kappa shape index (κ1) is 19.0. The fourth-order valence-corrected chi connectivity index (χ4v) is 4.41. The third-order valence-corrected chi connectivity index (χ3v) is 6.15. The van der Waals surface area contributed by atoms with Gasteiger partial charge < -0.3 is 14.5 Å². The van der Waals surface area contributed by atoms with Crippen molar-refractivity contribution in [3.8, 4) is 11.1 Å². The first-order chi connectivity index (χ1) is 14.5. The van der Waals surface area contributed by atoms with Gasteiger partial charge in [-0.2, -0.15) is 0 Å². The van der Waals surface area contributed by atoms with Crippen molar-refractivity contribution in [2.45, 2.75) is 45.4 Å². The molecule has 4 aromatic rings. The van der Waals surface area contributed by atoms with E-state index in [0.717, 1.165) is 51.6 Å². The third kappa shape index (κ3) is 3.12. The number of hydrogen-bond donors (Lipinski definition) is 2. The molecule has 0 aromatic carbocycles. The number of H-pyrrole nitrogens is 2. The van der Waals surface area contributed by atoms with Crippen molar-refractivity contribution in [3.05, 3.63) is 46.3 Å². The molecule has 1 fully saturated rings. The molecule has 4 aromatic heterocycles. The van der Waals surface area contributed by atoms with Crippen LogP contribution in [-0.2, 0) is 16.0 Å². The van der Waals surface area contributed by atoms with Crippen LogP contribution in [0.5, 0.6) is 0 Å². The van der Waals surface area contributed by atoms with Crippen LogP contribution in [-0.4, -0.2) is 50.4 Å². The van der Waals surface area contributed by atoms with Gasteiger partial charge in [0.15, 0.2) is 5.65 Å². The molecule has 0 saturated carbocycles. The van der Waals surface area contributed by atoms with Gasteiger partial charge in [-0.05, 0) is 43.9 Å². The van der Waals surface area contributed by atoms with E-state index >= 15 is 0 Å². The Morgan fingerprint density at radius 1 is 1.23 bits per heavy atom. The fraction of sp³-hybridized carbons (Fsp3) is 0.409. The largest absolute Gasteiger partial charge is 0.379 e. The van der Waals surface area contributed by atoms with Gasteiger partial charge in [-0.1, -0.05) is 0 Å². The standard InChI is InChI=1S/C22H25N5O3/c1-12-7-23-21-19(12)13(2)17(9-25-21)14-6-18-20(24-8-14)26-22(28)27(18)10-15-4-5-16(29-3)11-30-15/h6-9,15-16H,4-5,10-11H2,1-3H3,(H,23,25)(H,24,26,28)/t15-,16-/m1/s1. The lowest BCUT2D eigenvalue weighted by Crippen LogP contribution is -2.35. The average Bonchev–Trinajstić information content (AvgIpc) is 3.29. The Morgan fingerprint density at radius 3 is 2.83 bits per heavy atom. The van der Waals surface area contributed by atoms with E-state index in [9.17, 15) is 4.79 Å². The molecule has 0 radical (unpaired) electrons. The molecule has 156 valence electrons. The number of ether oxygens (including phenoxy) is 2. The topological polar surface area (TPSA) is 97.8 Å². The van der Waals surface area contributed by atoms with Gasteiger partial charge in [0.05, 0.1) is 30.9 Å². The van der Waals surface area contributed by atoms with Crippen molar-refractivity contribution in [3.63, 3.8) is 0 Å². The molecule has 5 heterocycles. The van der Waals surface area contributed by atoms with Crippen LogP contribution in [0.25, 0.3) is 33.3 Å². The van der Waals surface area contributed by atoms with Gasteiger partial charge in [-0.15, -0.1) is 0 Å². The Hall–Kier alpha value is -2.97. The molecule has 1 saturated heterocycles. The molecule has 0 bridgehead atoms. The zero-order chi connectivity index (χ0) is 20.8. The smallest absolute Gasteiger partial charge is 0.327 e. The first-order valence-corrected chi connectivity index (χ1v) is 10.2. The van der Waals surface area contributed by atoms with Crippen molar-refractivity contribution in [1.82, 2.24) is 24.5 Å². The Kier molecular flexibility index (Phi) is 4.67. The number of aromatic nitrogens is 5. The minimum absolute atomic E-state index is 0.0148. The van der Waals surface area contributed by atoms with Gasteiger partial charge >= 0.3 is 5.69 Å². The monoisotopic (exact) mass is 407 g/mol. The molecule has 0 unspecified atom stereocenters. The number of methoxy groups -OCH3 is 1. The fourth-order valence-electron chi connectivity index (χ4n) is 4.41. The summed E-state index contributed by atoms with van der Waals surface area (Å²) >= 11 is 0. The quantitative estimate of drug-likeness (QED) is 0.542. The van der Waals surface area contributed by atoms with Crippen molar-refractivity contribution in [1.29, 1.82) is 0 Å². The van der Waals surface area contributed by atoms with Gasteiger partial charge in [0.1, 0.15) is 5.65 Å². The molecule has 0 aliphatic carbocycles. The van der Waals surface area contributed by atoms with Crippen LogP contribution < -0.4 is 5.69 Å². The lowest BCUT2D eigenvalue weighted by Gasteiger charge is -2.28. The summed E-state index contributed by atoms with van der Waals surface area (Å²) in [5.41, 5.74) is 6.32. The van der Waals surface area contributed by atoms with Gasteiger partial charge in [0.25, 0.3) is 0 Å². The Labute approximate surface area is 173 Å². The number of imidazole rings is 1. The van der Waals surface area contributed by atoms with Crippen molar-refractivity contribution >= 4 is 22.2 Å². The number of nitrogens with one attached hydrogen (secondary N) is 2. The number of pyridine rings is 2. The van der Waals surface area contributed by atoms with Crippen LogP contribution in [0, 0.1) is 13.8 Å². The lowest BCUT2D eigenvalue weighted by atomic mass is 10.0. The molecule has 1 aliphatic heterocycles. The molecular formula is C22H25N5O3. The first-order valence-electron chi connectivity index (χ1n) is 10.2. The van der Waals surface area contributed by atoms with E-state index in [4.69, 9.17) is 9.47 Å². The van der Waals surface area contributed by atoms with Crippen molar-refractivity contribution in [2.75, 3.05) is 13.7 Å². The molecule has 2 atom stereocenters. The maximum absolute atomic E-state index is 12.6. The zero-order valence-corrected chi connectivity index (χ0v) is 17.4. The summed E-state index contributed by atoms with van der Waals surface area (Å²) in [5.74, 6) is 0. The summed E-state index contributed by atoms with van der Waals surface area (Å²) in [7, 11) is 1.70. The Morgan fingerprint density at radius 2 is 2.07 bits per heavy atom. The van der Waals surface area contributed by atoms with E-state index in [-0.39, 0.29) is 17.9 Å². The summed E-state index contributed by atoms with van der Waals surface area (Å²) in [6.45, 7) is 5.22. The summed E-state index contributed by atoms with van der Waals surface area (Å²) in [4.78, 5) is 27.7. The second-order valence-electron chi connectivity index (χ2n) is 8.02. The number of hydrogen-bond acceptors (Lipinski definition) is 5. The number of aromatic amines is 2. The molecule has 30 heavy (non-hydrogen) atoms. The van der Waals surface area contributed by atoms with E-state index in [2.05, 4.69) is 33.8 Å². The molecule has 0 spiro atoms. The predicted molar refractivity (Wildman–Crippen MR) is 115 cm³/mol.